The molecule has 1 aromatic heterocycles. The normalized spacial score (nSPS) is 19.7. The predicted molar refractivity (Wildman–Crippen MR) is 157 cm³/mol. The number of benzene rings is 2. The number of methoxy groups -OCH3 is 2. The fourth-order valence-electron chi connectivity index (χ4n) is 6.93. The minimum atomic E-state index is -2.90. The molecule has 0 radical (unpaired) electrons. The first-order chi connectivity index (χ1) is 20.6. The number of hydrogen-bond acceptors (Lipinski definition) is 6. The van der Waals surface area contributed by atoms with Crippen molar-refractivity contribution < 1.29 is 41.4 Å². The van der Waals surface area contributed by atoms with E-state index in [4.69, 9.17) is 14.2 Å². The largest absolute Gasteiger partial charge is 0.496 e. The predicted octanol–water partition coefficient (Wildman–Crippen LogP) is 8.22. The van der Waals surface area contributed by atoms with Crippen LogP contribution in [-0.2, 0) is 16.0 Å². The summed E-state index contributed by atoms with van der Waals surface area (Å²) in [5, 5.41) is 0.733. The van der Waals surface area contributed by atoms with Gasteiger partial charge in [-0.25, -0.2) is 27.2 Å². The van der Waals surface area contributed by atoms with Gasteiger partial charge in [0, 0.05) is 48.1 Å². The first-order valence-electron chi connectivity index (χ1n) is 14.6. The van der Waals surface area contributed by atoms with E-state index in [9.17, 15) is 27.2 Å². The van der Waals surface area contributed by atoms with E-state index in [-0.39, 0.29) is 42.5 Å². The van der Waals surface area contributed by atoms with E-state index in [0.717, 1.165) is 22.6 Å². The van der Waals surface area contributed by atoms with Crippen LogP contribution in [0.3, 0.4) is 0 Å². The van der Waals surface area contributed by atoms with E-state index in [0.29, 0.717) is 24.2 Å². The Morgan fingerprint density at radius 1 is 1.09 bits per heavy atom. The van der Waals surface area contributed by atoms with Gasteiger partial charge in [-0.05, 0) is 87.9 Å². The monoisotopic (exact) mass is 618 g/mol. The summed E-state index contributed by atoms with van der Waals surface area (Å²) in [6, 6.07) is 7.04. The maximum absolute atomic E-state index is 14.5. The highest BCUT2D eigenvalue weighted by Gasteiger charge is 2.58. The van der Waals surface area contributed by atoms with E-state index in [2.05, 4.69) is 0 Å². The Labute approximate surface area is 254 Å². The summed E-state index contributed by atoms with van der Waals surface area (Å²) in [6.45, 7) is 7.83. The maximum Gasteiger partial charge on any atom is 0.419 e. The Bertz CT molecular complexity index is 1580. The van der Waals surface area contributed by atoms with Crippen molar-refractivity contribution in [2.24, 2.45) is 5.41 Å². The van der Waals surface area contributed by atoms with Crippen molar-refractivity contribution in [1.82, 2.24) is 9.47 Å². The Kier molecular flexibility index (Phi) is 8.24. The van der Waals surface area contributed by atoms with Crippen molar-refractivity contribution >= 4 is 23.0 Å². The van der Waals surface area contributed by atoms with Crippen molar-refractivity contribution in [3.8, 4) is 5.75 Å². The zero-order valence-electron chi connectivity index (χ0n) is 25.8. The van der Waals surface area contributed by atoms with Gasteiger partial charge in [0.25, 0.3) is 6.43 Å². The number of hydrogen-bond donors (Lipinski definition) is 0. The lowest BCUT2D eigenvalue weighted by molar-refractivity contribution is -0.186. The van der Waals surface area contributed by atoms with E-state index in [1.165, 1.54) is 30.9 Å². The number of ether oxygens (including phenoxy) is 3. The third-order valence-corrected chi connectivity index (χ3v) is 8.77. The van der Waals surface area contributed by atoms with Crippen LogP contribution >= 0.6 is 0 Å². The smallest absolute Gasteiger partial charge is 0.419 e. The average molecular weight is 619 g/mol. The highest BCUT2D eigenvalue weighted by molar-refractivity contribution is 5.95. The SMILES string of the molecule is COC(=O)c1ccc([C@@H]2CC3(CCN2Cc2c(OC)cc(C)c4c2ccn4C(=O)OC(C)(C)C)CC(F)(F)C3)c(C(F)F)c1. The van der Waals surface area contributed by atoms with Gasteiger partial charge >= 0.3 is 12.1 Å². The minimum absolute atomic E-state index is 0.0100. The Morgan fingerprint density at radius 2 is 1.80 bits per heavy atom. The van der Waals surface area contributed by atoms with E-state index in [1.54, 1.807) is 33.0 Å². The molecule has 1 saturated heterocycles. The quantitative estimate of drug-likeness (QED) is 0.205. The molecule has 0 unspecified atom stereocenters. The Hall–Kier alpha value is -3.60. The zero-order valence-corrected chi connectivity index (χ0v) is 25.8. The van der Waals surface area contributed by atoms with Crippen LogP contribution in [0.25, 0.3) is 10.9 Å². The number of halogens is 4. The summed E-state index contributed by atoms with van der Waals surface area (Å²) in [5.74, 6) is -2.96. The number of rotatable bonds is 6. The van der Waals surface area contributed by atoms with Crippen molar-refractivity contribution in [2.45, 2.75) is 83.9 Å². The molecule has 3 aromatic rings. The molecule has 0 N–H and O–H groups in total. The van der Waals surface area contributed by atoms with Gasteiger partial charge < -0.3 is 14.2 Å². The van der Waals surface area contributed by atoms with Gasteiger partial charge in [0.15, 0.2) is 0 Å². The second kappa shape index (κ2) is 11.4. The molecule has 7 nitrogen and oxygen atoms in total. The zero-order chi connectivity index (χ0) is 32.2. The third-order valence-electron chi connectivity index (χ3n) is 8.77. The summed E-state index contributed by atoms with van der Waals surface area (Å²) >= 11 is 0. The number of esters is 1. The first-order valence-corrected chi connectivity index (χ1v) is 14.6. The third kappa shape index (κ3) is 6.03. The number of aromatic nitrogens is 1. The number of fused-ring (bicyclic) bond motifs is 1. The molecule has 5 rings (SSSR count). The number of carbonyl (C=O) groups is 2. The van der Waals surface area contributed by atoms with Gasteiger partial charge in [-0.3, -0.25) is 9.47 Å². The van der Waals surface area contributed by atoms with Gasteiger partial charge in [0.1, 0.15) is 11.4 Å². The number of carbonyl (C=O) groups excluding carboxylic acids is 2. The molecule has 1 spiro atoms. The van der Waals surface area contributed by atoms with Crippen LogP contribution in [0.2, 0.25) is 0 Å². The van der Waals surface area contributed by atoms with Crippen molar-refractivity contribution in [3.63, 3.8) is 0 Å². The van der Waals surface area contributed by atoms with Crippen LogP contribution in [0.1, 0.15) is 91.5 Å². The average Bonchev–Trinajstić information content (AvgIpc) is 3.39. The highest BCUT2D eigenvalue weighted by Crippen LogP contribution is 2.61. The van der Waals surface area contributed by atoms with Crippen LogP contribution < -0.4 is 4.74 Å². The van der Waals surface area contributed by atoms with E-state index in [1.807, 2.05) is 17.9 Å². The molecule has 1 aliphatic heterocycles. The first kappa shape index (κ1) is 31.8. The van der Waals surface area contributed by atoms with Crippen molar-refractivity contribution in [2.75, 3.05) is 20.8 Å². The van der Waals surface area contributed by atoms with Crippen LogP contribution in [0.15, 0.2) is 36.5 Å². The molecular weight excluding hydrogens is 580 g/mol. The van der Waals surface area contributed by atoms with Crippen LogP contribution in [0.4, 0.5) is 22.4 Å². The lowest BCUT2D eigenvalue weighted by Crippen LogP contribution is -2.53. The molecule has 238 valence electrons. The van der Waals surface area contributed by atoms with Crippen LogP contribution in [0, 0.1) is 12.3 Å². The second-order valence-corrected chi connectivity index (χ2v) is 13.1. The van der Waals surface area contributed by atoms with Crippen LogP contribution in [-0.4, -0.2) is 53.8 Å². The number of aryl methyl sites for hydroxylation is 1. The summed E-state index contributed by atoms with van der Waals surface area (Å²) in [7, 11) is 2.71. The molecule has 2 fully saturated rings. The number of nitrogens with zero attached hydrogens (tertiary/aromatic N) is 2. The summed E-state index contributed by atoms with van der Waals surface area (Å²) in [6.07, 6.45) is -1.63. The lowest BCUT2D eigenvalue weighted by atomic mass is 9.58. The second-order valence-electron chi connectivity index (χ2n) is 13.1. The standard InChI is InChI=1S/C33H38F4N2O5/c1-19-13-26(42-5)24(22-9-11-39(27(19)22)30(41)44-31(2,3)4)16-38-12-10-32(17-33(36,37)18-32)15-25(38)21-8-7-20(29(40)43-6)14-23(21)28(34)35/h7-9,11,13-14,25,28H,10,12,15-18H2,1-6H3/t25-/m0/s1. The highest BCUT2D eigenvalue weighted by atomic mass is 19.3. The molecule has 44 heavy (non-hydrogen) atoms. The molecule has 2 aromatic carbocycles. The van der Waals surface area contributed by atoms with Gasteiger partial charge in [0.05, 0.1) is 25.3 Å². The summed E-state index contributed by atoms with van der Waals surface area (Å²) in [4.78, 5) is 27.2. The topological polar surface area (TPSA) is 70.0 Å². The van der Waals surface area contributed by atoms with Crippen molar-refractivity contribution in [1.29, 1.82) is 0 Å². The molecule has 0 amide bonds. The Morgan fingerprint density at radius 3 is 2.39 bits per heavy atom. The number of piperidine rings is 1. The molecule has 11 heteroatoms. The summed E-state index contributed by atoms with van der Waals surface area (Å²) < 4.78 is 74.9. The fourth-order valence-corrected chi connectivity index (χ4v) is 6.93. The molecule has 1 aliphatic carbocycles. The molecular formula is C33H38F4N2O5. The van der Waals surface area contributed by atoms with Gasteiger partial charge in [-0.15, -0.1) is 0 Å². The lowest BCUT2D eigenvalue weighted by Gasteiger charge is -2.55. The van der Waals surface area contributed by atoms with Crippen molar-refractivity contribution in [3.05, 3.63) is 64.3 Å². The van der Waals surface area contributed by atoms with Gasteiger partial charge in [-0.1, -0.05) is 6.07 Å². The number of likely N-dealkylation sites (tertiary alicyclic amines) is 1. The fraction of sp³-hybridized carbons (Fsp3) is 0.515. The van der Waals surface area contributed by atoms with Gasteiger partial charge in [-0.2, -0.15) is 0 Å². The molecule has 0 bridgehead atoms. The molecule has 2 aliphatic rings. The van der Waals surface area contributed by atoms with E-state index >= 15 is 0 Å². The molecule has 1 atom stereocenters. The summed E-state index contributed by atoms with van der Waals surface area (Å²) in [5.41, 5.74) is 0.716. The van der Waals surface area contributed by atoms with Gasteiger partial charge in [0.2, 0.25) is 5.92 Å². The van der Waals surface area contributed by atoms with Crippen LogP contribution in [0.5, 0.6) is 5.75 Å². The molecule has 1 saturated carbocycles. The number of alkyl halides is 4. The molecule has 2 heterocycles. The Balaban J connectivity index is 1.59. The maximum atomic E-state index is 14.5. The van der Waals surface area contributed by atoms with E-state index < -0.39 is 41.5 Å². The minimum Gasteiger partial charge on any atom is -0.496 e.